The van der Waals surface area contributed by atoms with Crippen molar-refractivity contribution in [1.82, 2.24) is 5.43 Å². The van der Waals surface area contributed by atoms with E-state index in [0.29, 0.717) is 0 Å². The topological polar surface area (TPSA) is 24.4 Å². The fourth-order valence-corrected chi connectivity index (χ4v) is 0.342. The molecule has 0 saturated carbocycles. The number of rotatable bonds is 0. The van der Waals surface area contributed by atoms with Gasteiger partial charge in [0.1, 0.15) is 0 Å². The van der Waals surface area contributed by atoms with E-state index in [1.807, 2.05) is 18.2 Å². The van der Waals surface area contributed by atoms with Gasteiger partial charge < -0.3 is 0 Å². The summed E-state index contributed by atoms with van der Waals surface area (Å²) in [6, 6.07) is 0. The van der Waals surface area contributed by atoms with Crippen LogP contribution in [0.1, 0.15) is 0 Å². The van der Waals surface area contributed by atoms with E-state index in [4.69, 9.17) is 0 Å². The molecule has 2 nitrogen and oxygen atoms in total. The van der Waals surface area contributed by atoms with E-state index >= 15 is 0 Å². The Bertz CT molecular complexity index is 112. The van der Waals surface area contributed by atoms with E-state index in [1.165, 1.54) is 0 Å². The molecule has 0 aromatic rings. The first-order valence-corrected chi connectivity index (χ1v) is 2.10. The normalized spacial score (nSPS) is 14.0. The van der Waals surface area contributed by atoms with E-state index in [-0.39, 0.29) is 13.5 Å². The van der Waals surface area contributed by atoms with Gasteiger partial charge in [0.25, 0.3) is 0 Å². The lowest BCUT2D eigenvalue weighted by atomic mass is 10.5. The molecule has 0 spiro atoms. The molecule has 0 atom stereocenters. The number of hydrazone groups is 1. The van der Waals surface area contributed by atoms with E-state index in [9.17, 15) is 0 Å². The Morgan fingerprint density at radius 3 is 2.88 bits per heavy atom. The highest BCUT2D eigenvalue weighted by atomic mass is 32.1. The van der Waals surface area contributed by atoms with Crippen LogP contribution in [0.5, 0.6) is 0 Å². The van der Waals surface area contributed by atoms with Crippen molar-refractivity contribution in [2.24, 2.45) is 5.10 Å². The van der Waals surface area contributed by atoms with Gasteiger partial charge >= 0.3 is 0 Å². The molecule has 0 aliphatic carbocycles. The summed E-state index contributed by atoms with van der Waals surface area (Å²) in [6.45, 7) is 0. The average Bonchev–Trinajstić information content (AvgIpc) is 1.90. The predicted octanol–water partition coefficient (Wildman–Crippen LogP) is 1.29. The zero-order chi connectivity index (χ0) is 4.95. The molecule has 3 heteroatoms. The van der Waals surface area contributed by atoms with Crippen LogP contribution in [0.4, 0.5) is 0 Å². The van der Waals surface area contributed by atoms with Crippen molar-refractivity contribution >= 4 is 19.7 Å². The van der Waals surface area contributed by atoms with Crippen LogP contribution in [0.2, 0.25) is 0 Å². The monoisotopic (exact) mass is 126 g/mol. The summed E-state index contributed by atoms with van der Waals surface area (Å²) < 4.78 is 0. The van der Waals surface area contributed by atoms with E-state index in [2.05, 4.69) is 10.5 Å². The van der Waals surface area contributed by atoms with Crippen molar-refractivity contribution in [3.63, 3.8) is 0 Å². The minimum absolute atomic E-state index is 0. The molecule has 2 radical (unpaired) electrons. The van der Waals surface area contributed by atoms with E-state index in [1.54, 1.807) is 12.4 Å². The molecule has 0 aromatic heterocycles. The molecule has 1 N–H and O–H groups in total. The first-order valence-electron chi connectivity index (χ1n) is 2.10. The number of nitrogens with zero attached hydrogens (tertiary/aromatic N) is 1. The molecule has 42 valence electrons. The minimum atomic E-state index is 0. The van der Waals surface area contributed by atoms with Gasteiger partial charge in [-0.3, -0.25) is 5.43 Å². The van der Waals surface area contributed by atoms with Crippen molar-refractivity contribution in [1.29, 1.82) is 0 Å². The van der Waals surface area contributed by atoms with E-state index < -0.39 is 0 Å². The van der Waals surface area contributed by atoms with Gasteiger partial charge in [0, 0.05) is 25.9 Å². The molecule has 1 rings (SSSR count). The SMILES string of the molecule is C1=CC=NNC=C1.[S]. The van der Waals surface area contributed by atoms with Crippen molar-refractivity contribution in [3.05, 3.63) is 24.4 Å². The Morgan fingerprint density at radius 1 is 1.12 bits per heavy atom. The summed E-state index contributed by atoms with van der Waals surface area (Å²) in [4.78, 5) is 0. The summed E-state index contributed by atoms with van der Waals surface area (Å²) in [5.41, 5.74) is 2.67. The second kappa shape index (κ2) is 4.46. The second-order valence-electron chi connectivity index (χ2n) is 1.15. The molecule has 0 fully saturated rings. The molecule has 1 heterocycles. The maximum Gasteiger partial charge on any atom is 0.0472 e. The Kier molecular flexibility index (Phi) is 4.07. The maximum absolute atomic E-state index is 3.72. The first kappa shape index (κ1) is 7.30. The van der Waals surface area contributed by atoms with Gasteiger partial charge in [-0.25, -0.2) is 0 Å². The summed E-state index contributed by atoms with van der Waals surface area (Å²) in [6.07, 6.45) is 9.10. The summed E-state index contributed by atoms with van der Waals surface area (Å²) in [5, 5.41) is 3.72. The molecule has 0 amide bonds. The van der Waals surface area contributed by atoms with Crippen LogP contribution >= 0.6 is 13.5 Å². The third-order valence-electron chi connectivity index (χ3n) is 0.628. The second-order valence-corrected chi connectivity index (χ2v) is 1.15. The first-order chi connectivity index (χ1) is 3.50. The molecular weight excluding hydrogens is 120 g/mol. The minimum Gasteiger partial charge on any atom is -0.286 e. The van der Waals surface area contributed by atoms with Gasteiger partial charge in [0.2, 0.25) is 0 Å². The van der Waals surface area contributed by atoms with Crippen molar-refractivity contribution in [2.75, 3.05) is 0 Å². The van der Waals surface area contributed by atoms with Gasteiger partial charge in [0.05, 0.1) is 0 Å². The number of allylic oxidation sites excluding steroid dienone is 3. The highest BCUT2D eigenvalue weighted by molar-refractivity contribution is 7.59. The fraction of sp³-hybridized carbons (Fsp3) is 0. The lowest BCUT2D eigenvalue weighted by Crippen LogP contribution is -1.89. The Morgan fingerprint density at radius 2 is 2.00 bits per heavy atom. The number of hydrogen-bond donors (Lipinski definition) is 1. The van der Waals surface area contributed by atoms with Crippen LogP contribution in [0.15, 0.2) is 29.5 Å². The van der Waals surface area contributed by atoms with Crippen LogP contribution in [0, 0.1) is 0 Å². The van der Waals surface area contributed by atoms with Crippen LogP contribution in [0.3, 0.4) is 0 Å². The maximum atomic E-state index is 3.72. The van der Waals surface area contributed by atoms with Crippen molar-refractivity contribution in [2.45, 2.75) is 0 Å². The highest BCUT2D eigenvalue weighted by Gasteiger charge is 1.68. The zero-order valence-corrected chi connectivity index (χ0v) is 5.06. The molecule has 0 unspecified atom stereocenters. The molecule has 1 aliphatic heterocycles. The summed E-state index contributed by atoms with van der Waals surface area (Å²) >= 11 is 0. The lowest BCUT2D eigenvalue weighted by molar-refractivity contribution is 0.980. The fourth-order valence-electron chi connectivity index (χ4n) is 0.342. The Hall–Kier alpha value is -0.700. The smallest absolute Gasteiger partial charge is 0.0472 e. The van der Waals surface area contributed by atoms with Gasteiger partial charge in [-0.15, -0.1) is 0 Å². The van der Waals surface area contributed by atoms with Crippen LogP contribution in [-0.4, -0.2) is 6.21 Å². The average molecular weight is 126 g/mol. The third-order valence-corrected chi connectivity index (χ3v) is 0.628. The van der Waals surface area contributed by atoms with Gasteiger partial charge in [-0.05, 0) is 12.2 Å². The third kappa shape index (κ3) is 2.47. The summed E-state index contributed by atoms with van der Waals surface area (Å²) in [7, 11) is 0. The molecule has 0 saturated heterocycles. The molecule has 8 heavy (non-hydrogen) atoms. The van der Waals surface area contributed by atoms with Crippen LogP contribution in [0.25, 0.3) is 0 Å². The molecule has 0 aromatic carbocycles. The van der Waals surface area contributed by atoms with Crippen molar-refractivity contribution < 1.29 is 0 Å². The standard InChI is InChI=1S/C5H6N2.S/c1-2-4-6-7-5-3-1;/h1-6H;. The molecule has 0 bridgehead atoms. The van der Waals surface area contributed by atoms with Gasteiger partial charge in [-0.2, -0.15) is 5.10 Å². The lowest BCUT2D eigenvalue weighted by Gasteiger charge is -1.78. The number of hydrogen-bond acceptors (Lipinski definition) is 2. The molecule has 1 aliphatic rings. The Balaban J connectivity index is 0.000000490. The van der Waals surface area contributed by atoms with Crippen LogP contribution in [-0.2, 0) is 0 Å². The Labute approximate surface area is 55.4 Å². The highest BCUT2D eigenvalue weighted by Crippen LogP contribution is 1.76. The van der Waals surface area contributed by atoms with Crippen molar-refractivity contribution in [3.8, 4) is 0 Å². The van der Waals surface area contributed by atoms with Gasteiger partial charge in [0.15, 0.2) is 0 Å². The quantitative estimate of drug-likeness (QED) is 0.519. The predicted molar refractivity (Wildman–Crippen MR) is 37.5 cm³/mol. The van der Waals surface area contributed by atoms with Crippen LogP contribution < -0.4 is 5.43 Å². The summed E-state index contributed by atoms with van der Waals surface area (Å²) in [5.74, 6) is 0. The van der Waals surface area contributed by atoms with E-state index in [0.717, 1.165) is 0 Å². The molecular formula is C5H6N2S. The van der Waals surface area contributed by atoms with Gasteiger partial charge in [-0.1, -0.05) is 6.08 Å². The zero-order valence-electron chi connectivity index (χ0n) is 4.24. The largest absolute Gasteiger partial charge is 0.286 e. The number of nitrogens with one attached hydrogen (secondary N) is 1.